The van der Waals surface area contributed by atoms with Gasteiger partial charge in [0.25, 0.3) is 0 Å². The van der Waals surface area contributed by atoms with Gasteiger partial charge in [-0.25, -0.2) is 0 Å². The number of aliphatic hydroxyl groups excluding tert-OH is 1. The number of hydrogen-bond acceptors (Lipinski definition) is 1. The first kappa shape index (κ1) is 13.3. The van der Waals surface area contributed by atoms with Gasteiger partial charge in [0.05, 0.1) is 0 Å². The Kier molecular flexibility index (Phi) is 4.20. The molecule has 2 aromatic carbocycles. The van der Waals surface area contributed by atoms with Gasteiger partial charge in [-0.05, 0) is 34.7 Å². The van der Waals surface area contributed by atoms with Crippen LogP contribution in [0.1, 0.15) is 42.6 Å². The Morgan fingerprint density at radius 1 is 0.889 bits per heavy atom. The Morgan fingerprint density at radius 3 is 2.06 bits per heavy atom. The van der Waals surface area contributed by atoms with E-state index in [1.54, 1.807) is 0 Å². The van der Waals surface area contributed by atoms with Gasteiger partial charge in [-0.3, -0.25) is 0 Å². The number of hydrogen-bond donors (Lipinski definition) is 1. The zero-order valence-corrected chi connectivity index (χ0v) is 12.2. The standard InChI is InChI=1S/C16H17BrO/c1-11(2)12-5-3-6-13(9-12)16(18)14-7-4-8-15(17)10-14/h3-11,16,18H,1-2H3. The quantitative estimate of drug-likeness (QED) is 0.875. The Labute approximate surface area is 117 Å². The summed E-state index contributed by atoms with van der Waals surface area (Å²) in [6, 6.07) is 15.9. The van der Waals surface area contributed by atoms with Crippen LogP contribution in [-0.4, -0.2) is 5.11 Å². The SMILES string of the molecule is CC(C)c1cccc(C(O)c2cccc(Br)c2)c1. The molecular weight excluding hydrogens is 288 g/mol. The molecule has 1 atom stereocenters. The molecule has 0 radical (unpaired) electrons. The fraction of sp³-hybridized carbons (Fsp3) is 0.250. The van der Waals surface area contributed by atoms with E-state index in [1.807, 2.05) is 36.4 Å². The van der Waals surface area contributed by atoms with Crippen molar-refractivity contribution in [2.45, 2.75) is 25.9 Å². The molecule has 0 aromatic heterocycles. The number of halogens is 1. The van der Waals surface area contributed by atoms with Crippen molar-refractivity contribution in [3.8, 4) is 0 Å². The first-order valence-electron chi connectivity index (χ1n) is 6.11. The number of aliphatic hydroxyl groups is 1. The second-order valence-corrected chi connectivity index (χ2v) is 5.70. The van der Waals surface area contributed by atoms with Gasteiger partial charge in [-0.2, -0.15) is 0 Å². The molecule has 0 amide bonds. The third-order valence-corrected chi connectivity index (χ3v) is 3.55. The molecule has 1 unspecified atom stereocenters. The van der Waals surface area contributed by atoms with Crippen molar-refractivity contribution >= 4 is 15.9 Å². The average molecular weight is 305 g/mol. The van der Waals surface area contributed by atoms with Crippen molar-refractivity contribution in [2.24, 2.45) is 0 Å². The molecule has 0 aliphatic heterocycles. The largest absolute Gasteiger partial charge is 0.384 e. The fourth-order valence-corrected chi connectivity index (χ4v) is 2.37. The maximum Gasteiger partial charge on any atom is 0.104 e. The zero-order chi connectivity index (χ0) is 13.1. The minimum Gasteiger partial charge on any atom is -0.384 e. The van der Waals surface area contributed by atoms with Gasteiger partial charge in [-0.15, -0.1) is 0 Å². The first-order chi connectivity index (χ1) is 8.58. The van der Waals surface area contributed by atoms with Gasteiger partial charge in [-0.1, -0.05) is 66.2 Å². The van der Waals surface area contributed by atoms with Crippen molar-refractivity contribution in [1.29, 1.82) is 0 Å². The van der Waals surface area contributed by atoms with E-state index in [4.69, 9.17) is 0 Å². The summed E-state index contributed by atoms with van der Waals surface area (Å²) >= 11 is 3.43. The molecule has 0 fully saturated rings. The summed E-state index contributed by atoms with van der Waals surface area (Å²) in [6.45, 7) is 4.31. The molecule has 1 nitrogen and oxygen atoms in total. The molecule has 0 saturated heterocycles. The monoisotopic (exact) mass is 304 g/mol. The predicted molar refractivity (Wildman–Crippen MR) is 78.7 cm³/mol. The van der Waals surface area contributed by atoms with Crippen LogP contribution in [0.5, 0.6) is 0 Å². The summed E-state index contributed by atoms with van der Waals surface area (Å²) in [4.78, 5) is 0. The molecule has 0 spiro atoms. The van der Waals surface area contributed by atoms with E-state index in [0.29, 0.717) is 5.92 Å². The highest BCUT2D eigenvalue weighted by atomic mass is 79.9. The topological polar surface area (TPSA) is 20.2 Å². The van der Waals surface area contributed by atoms with Gasteiger partial charge >= 0.3 is 0 Å². The van der Waals surface area contributed by atoms with Gasteiger partial charge in [0.1, 0.15) is 6.10 Å². The summed E-state index contributed by atoms with van der Waals surface area (Å²) in [7, 11) is 0. The summed E-state index contributed by atoms with van der Waals surface area (Å²) in [5, 5.41) is 10.4. The maximum atomic E-state index is 10.4. The lowest BCUT2D eigenvalue weighted by atomic mass is 9.96. The van der Waals surface area contributed by atoms with Crippen LogP contribution >= 0.6 is 15.9 Å². The second kappa shape index (κ2) is 5.68. The van der Waals surface area contributed by atoms with Gasteiger partial charge in [0.2, 0.25) is 0 Å². The lowest BCUT2D eigenvalue weighted by molar-refractivity contribution is 0.220. The predicted octanol–water partition coefficient (Wildman–Crippen LogP) is 4.65. The molecule has 2 aromatic rings. The first-order valence-corrected chi connectivity index (χ1v) is 6.90. The van der Waals surface area contributed by atoms with E-state index in [-0.39, 0.29) is 0 Å². The van der Waals surface area contributed by atoms with Crippen LogP contribution < -0.4 is 0 Å². The average Bonchev–Trinajstić information content (AvgIpc) is 2.38. The Bertz CT molecular complexity index is 534. The molecule has 2 rings (SSSR count). The lowest BCUT2D eigenvalue weighted by Gasteiger charge is -2.14. The van der Waals surface area contributed by atoms with Gasteiger partial charge in [0.15, 0.2) is 0 Å². The van der Waals surface area contributed by atoms with Crippen molar-refractivity contribution in [1.82, 2.24) is 0 Å². The Morgan fingerprint density at radius 2 is 1.44 bits per heavy atom. The number of rotatable bonds is 3. The summed E-state index contributed by atoms with van der Waals surface area (Å²) in [5.74, 6) is 0.472. The molecule has 1 N–H and O–H groups in total. The molecule has 0 aliphatic rings. The van der Waals surface area contributed by atoms with Crippen LogP contribution in [0.15, 0.2) is 53.0 Å². The third-order valence-electron chi connectivity index (χ3n) is 3.06. The van der Waals surface area contributed by atoms with E-state index in [2.05, 4.69) is 41.9 Å². The van der Waals surface area contributed by atoms with Crippen LogP contribution in [0.4, 0.5) is 0 Å². The van der Waals surface area contributed by atoms with E-state index >= 15 is 0 Å². The molecule has 0 bridgehead atoms. The lowest BCUT2D eigenvalue weighted by Crippen LogP contribution is -2.00. The molecule has 0 saturated carbocycles. The summed E-state index contributed by atoms with van der Waals surface area (Å²) < 4.78 is 0.985. The van der Waals surface area contributed by atoms with Crippen molar-refractivity contribution in [2.75, 3.05) is 0 Å². The zero-order valence-electron chi connectivity index (χ0n) is 10.6. The molecule has 94 valence electrons. The minimum atomic E-state index is -0.568. The third kappa shape index (κ3) is 3.01. The van der Waals surface area contributed by atoms with E-state index in [9.17, 15) is 5.11 Å². The van der Waals surface area contributed by atoms with Crippen LogP contribution in [0.25, 0.3) is 0 Å². The maximum absolute atomic E-state index is 10.4. The summed E-state index contributed by atoms with van der Waals surface area (Å²) in [5.41, 5.74) is 3.10. The van der Waals surface area contributed by atoms with Crippen LogP contribution in [0, 0.1) is 0 Å². The van der Waals surface area contributed by atoms with Gasteiger partial charge < -0.3 is 5.11 Å². The summed E-state index contributed by atoms with van der Waals surface area (Å²) in [6.07, 6.45) is -0.568. The molecular formula is C16H17BrO. The van der Waals surface area contributed by atoms with Gasteiger partial charge in [0, 0.05) is 4.47 Å². The van der Waals surface area contributed by atoms with E-state index in [1.165, 1.54) is 5.56 Å². The Balaban J connectivity index is 2.33. The molecule has 0 heterocycles. The number of benzene rings is 2. The minimum absolute atomic E-state index is 0.472. The normalized spacial score (nSPS) is 12.7. The molecule has 18 heavy (non-hydrogen) atoms. The fourth-order valence-electron chi connectivity index (χ4n) is 1.96. The van der Waals surface area contributed by atoms with E-state index < -0.39 is 6.10 Å². The van der Waals surface area contributed by atoms with Crippen molar-refractivity contribution in [3.63, 3.8) is 0 Å². The highest BCUT2D eigenvalue weighted by molar-refractivity contribution is 9.10. The smallest absolute Gasteiger partial charge is 0.104 e. The van der Waals surface area contributed by atoms with Crippen molar-refractivity contribution < 1.29 is 5.11 Å². The highest BCUT2D eigenvalue weighted by Gasteiger charge is 2.11. The van der Waals surface area contributed by atoms with Crippen molar-refractivity contribution in [3.05, 3.63) is 69.7 Å². The molecule has 0 aliphatic carbocycles. The molecule has 2 heteroatoms. The second-order valence-electron chi connectivity index (χ2n) is 4.78. The van der Waals surface area contributed by atoms with Crippen LogP contribution in [0.2, 0.25) is 0 Å². The van der Waals surface area contributed by atoms with E-state index in [0.717, 1.165) is 15.6 Å². The highest BCUT2D eigenvalue weighted by Crippen LogP contribution is 2.26. The Hall–Kier alpha value is -1.12. The van der Waals surface area contributed by atoms with Crippen LogP contribution in [0.3, 0.4) is 0 Å². The van der Waals surface area contributed by atoms with Crippen LogP contribution in [-0.2, 0) is 0 Å².